The third kappa shape index (κ3) is 4.31. The number of rotatable bonds is 5. The Morgan fingerprint density at radius 2 is 1.93 bits per heavy atom. The topological polar surface area (TPSA) is 85.5 Å². The van der Waals surface area contributed by atoms with Crippen LogP contribution in [0.4, 0.5) is 11.4 Å². The van der Waals surface area contributed by atoms with Crippen LogP contribution in [0.2, 0.25) is 0 Å². The lowest BCUT2D eigenvalue weighted by molar-refractivity contribution is 0.102. The zero-order chi connectivity index (χ0) is 19.6. The van der Waals surface area contributed by atoms with Crippen molar-refractivity contribution in [3.05, 3.63) is 41.7 Å². The molecule has 0 bridgehead atoms. The molecule has 0 radical (unpaired) electrons. The van der Waals surface area contributed by atoms with Crippen molar-refractivity contribution in [3.63, 3.8) is 0 Å². The molecule has 2 N–H and O–H groups in total. The number of nitrogens with one attached hydrogen (secondary N) is 2. The molecular weight excluding hydrogens is 384 g/mol. The van der Waals surface area contributed by atoms with E-state index in [2.05, 4.69) is 10.3 Å². The van der Waals surface area contributed by atoms with Crippen molar-refractivity contribution in [2.24, 2.45) is 0 Å². The Balaban J connectivity index is 1.74. The van der Waals surface area contributed by atoms with Crippen molar-refractivity contribution < 1.29 is 13.2 Å². The minimum absolute atomic E-state index is 0.124. The fourth-order valence-corrected chi connectivity index (χ4v) is 5.59. The Hall–Kier alpha value is -1.97. The largest absolute Gasteiger partial charge is 0.377 e. The number of aryl methyl sites for hydroxylation is 1. The first-order valence-corrected chi connectivity index (χ1v) is 11.2. The van der Waals surface area contributed by atoms with Gasteiger partial charge in [0.25, 0.3) is 5.91 Å². The molecule has 0 spiro atoms. The van der Waals surface area contributed by atoms with Crippen molar-refractivity contribution in [1.29, 1.82) is 0 Å². The number of nitrogens with zero attached hydrogens (tertiary/aromatic N) is 2. The van der Waals surface area contributed by atoms with E-state index in [1.54, 1.807) is 11.8 Å². The molecule has 2 aromatic rings. The summed E-state index contributed by atoms with van der Waals surface area (Å²) in [6.45, 7) is 2.97. The van der Waals surface area contributed by atoms with Crippen LogP contribution in [0.5, 0.6) is 0 Å². The Morgan fingerprint density at radius 3 is 2.56 bits per heavy atom. The van der Waals surface area contributed by atoms with Crippen LogP contribution in [-0.4, -0.2) is 62.3 Å². The van der Waals surface area contributed by atoms with Gasteiger partial charge < -0.3 is 15.2 Å². The number of H-pyrrole nitrogens is 1. The lowest BCUT2D eigenvalue weighted by Crippen LogP contribution is -2.37. The summed E-state index contributed by atoms with van der Waals surface area (Å²) in [5.41, 5.74) is 2.99. The van der Waals surface area contributed by atoms with E-state index in [4.69, 9.17) is 0 Å². The number of aromatic amines is 1. The maximum Gasteiger partial charge on any atom is 0.272 e. The first-order chi connectivity index (χ1) is 12.8. The van der Waals surface area contributed by atoms with E-state index in [1.807, 2.05) is 44.1 Å². The van der Waals surface area contributed by atoms with Crippen LogP contribution in [0.25, 0.3) is 0 Å². The SMILES string of the molecule is Cc1cc(NC(=O)c2cc(S(=O)(=O)N3CCSCC3)c[nH]2)ccc1N(C)C. The van der Waals surface area contributed by atoms with E-state index in [9.17, 15) is 13.2 Å². The predicted molar refractivity (Wildman–Crippen MR) is 110 cm³/mol. The number of hydrogen-bond donors (Lipinski definition) is 2. The number of carbonyl (C=O) groups excluding carboxylic acids is 1. The maximum atomic E-state index is 12.7. The molecule has 9 heteroatoms. The number of carbonyl (C=O) groups is 1. The molecule has 1 amide bonds. The summed E-state index contributed by atoms with van der Waals surface area (Å²) >= 11 is 1.74. The number of aromatic nitrogens is 1. The molecule has 3 rings (SSSR count). The summed E-state index contributed by atoms with van der Waals surface area (Å²) in [6.07, 6.45) is 1.38. The molecular formula is C18H24N4O3S2. The molecule has 0 atom stereocenters. The number of benzene rings is 1. The van der Waals surface area contributed by atoms with Crippen LogP contribution in [-0.2, 0) is 10.0 Å². The second-order valence-corrected chi connectivity index (χ2v) is 9.78. The zero-order valence-corrected chi connectivity index (χ0v) is 17.3. The van der Waals surface area contributed by atoms with Crippen LogP contribution < -0.4 is 10.2 Å². The predicted octanol–water partition coefficient (Wildman–Crippen LogP) is 2.38. The highest BCUT2D eigenvalue weighted by molar-refractivity contribution is 7.99. The van der Waals surface area contributed by atoms with Crippen molar-refractivity contribution in [2.75, 3.05) is 48.9 Å². The molecule has 0 saturated carbocycles. The molecule has 0 aliphatic carbocycles. The summed E-state index contributed by atoms with van der Waals surface area (Å²) < 4.78 is 26.8. The van der Waals surface area contributed by atoms with E-state index < -0.39 is 10.0 Å². The quantitative estimate of drug-likeness (QED) is 0.793. The highest BCUT2D eigenvalue weighted by atomic mass is 32.2. The second-order valence-electron chi connectivity index (χ2n) is 6.62. The average Bonchev–Trinajstić information content (AvgIpc) is 3.13. The molecule has 0 unspecified atom stereocenters. The normalized spacial score (nSPS) is 15.5. The molecule has 1 aliphatic rings. The van der Waals surface area contributed by atoms with Crippen molar-refractivity contribution in [2.45, 2.75) is 11.8 Å². The van der Waals surface area contributed by atoms with E-state index in [-0.39, 0.29) is 16.5 Å². The van der Waals surface area contributed by atoms with Gasteiger partial charge in [0.1, 0.15) is 10.6 Å². The smallest absolute Gasteiger partial charge is 0.272 e. The molecule has 1 fully saturated rings. The van der Waals surface area contributed by atoms with Crippen molar-refractivity contribution in [3.8, 4) is 0 Å². The number of anilines is 2. The number of thioether (sulfide) groups is 1. The van der Waals surface area contributed by atoms with Gasteiger partial charge in [-0.3, -0.25) is 4.79 Å². The van der Waals surface area contributed by atoms with Gasteiger partial charge in [-0.1, -0.05) is 0 Å². The molecule has 146 valence electrons. The van der Waals surface area contributed by atoms with E-state index in [0.717, 1.165) is 22.8 Å². The summed E-state index contributed by atoms with van der Waals surface area (Å²) in [5, 5.41) is 2.81. The first kappa shape index (κ1) is 19.8. The van der Waals surface area contributed by atoms with Gasteiger partial charge in [0, 0.05) is 56.3 Å². The van der Waals surface area contributed by atoms with Crippen LogP contribution in [0.3, 0.4) is 0 Å². The third-order valence-electron chi connectivity index (χ3n) is 4.45. The van der Waals surface area contributed by atoms with Crippen molar-refractivity contribution >= 4 is 39.1 Å². The molecule has 7 nitrogen and oxygen atoms in total. The van der Waals surface area contributed by atoms with Gasteiger partial charge in [-0.25, -0.2) is 8.42 Å². The van der Waals surface area contributed by atoms with Gasteiger partial charge in [0.05, 0.1) is 0 Å². The summed E-state index contributed by atoms with van der Waals surface area (Å²) in [5.74, 6) is 1.21. The second kappa shape index (κ2) is 7.95. The number of hydrogen-bond acceptors (Lipinski definition) is 5. The third-order valence-corrected chi connectivity index (χ3v) is 7.26. The molecule has 1 aromatic heterocycles. The Labute approximate surface area is 164 Å². The van der Waals surface area contributed by atoms with E-state index in [1.165, 1.54) is 16.6 Å². The standard InChI is InChI=1S/C18H24N4O3S2/c1-13-10-14(4-5-17(13)21(2)3)20-18(23)16-11-15(12-19-16)27(24,25)22-6-8-26-9-7-22/h4-5,10-12,19H,6-9H2,1-3H3,(H,20,23). The van der Waals surface area contributed by atoms with E-state index >= 15 is 0 Å². The Bertz CT molecular complexity index is 932. The van der Waals surface area contributed by atoms with Crippen LogP contribution in [0.1, 0.15) is 16.1 Å². The maximum absolute atomic E-state index is 12.7. The molecule has 1 saturated heterocycles. The number of amides is 1. The Morgan fingerprint density at radius 1 is 1.22 bits per heavy atom. The van der Waals surface area contributed by atoms with Gasteiger partial charge in [-0.2, -0.15) is 16.1 Å². The van der Waals surface area contributed by atoms with Gasteiger partial charge in [0.15, 0.2) is 0 Å². The highest BCUT2D eigenvalue weighted by Crippen LogP contribution is 2.23. The minimum atomic E-state index is -3.57. The van der Waals surface area contributed by atoms with Crippen LogP contribution in [0.15, 0.2) is 35.4 Å². The zero-order valence-electron chi connectivity index (χ0n) is 15.7. The monoisotopic (exact) mass is 408 g/mol. The summed E-state index contributed by atoms with van der Waals surface area (Å²) in [7, 11) is 0.355. The molecule has 27 heavy (non-hydrogen) atoms. The highest BCUT2D eigenvalue weighted by Gasteiger charge is 2.27. The molecule has 2 heterocycles. The lowest BCUT2D eigenvalue weighted by Gasteiger charge is -2.24. The average molecular weight is 409 g/mol. The first-order valence-electron chi connectivity index (χ1n) is 8.64. The molecule has 1 aliphatic heterocycles. The van der Waals surface area contributed by atoms with Crippen molar-refractivity contribution in [1.82, 2.24) is 9.29 Å². The minimum Gasteiger partial charge on any atom is -0.377 e. The van der Waals surface area contributed by atoms with Gasteiger partial charge >= 0.3 is 0 Å². The van der Waals surface area contributed by atoms with E-state index in [0.29, 0.717) is 18.8 Å². The lowest BCUT2D eigenvalue weighted by atomic mass is 10.1. The summed E-state index contributed by atoms with van der Waals surface area (Å²) in [4.78, 5) is 17.4. The number of sulfonamides is 1. The molecule has 1 aromatic carbocycles. The van der Waals surface area contributed by atoms with Gasteiger partial charge in [-0.05, 0) is 36.8 Å². The van der Waals surface area contributed by atoms with Gasteiger partial charge in [0.2, 0.25) is 10.0 Å². The van der Waals surface area contributed by atoms with Crippen LogP contribution in [0, 0.1) is 6.92 Å². The van der Waals surface area contributed by atoms with Crippen LogP contribution >= 0.6 is 11.8 Å². The fourth-order valence-electron chi connectivity index (χ4n) is 3.02. The summed E-state index contributed by atoms with van der Waals surface area (Å²) in [6, 6.07) is 7.04. The Kier molecular flexibility index (Phi) is 5.83. The fraction of sp³-hybridized carbons (Fsp3) is 0.389. The van der Waals surface area contributed by atoms with Gasteiger partial charge in [-0.15, -0.1) is 0 Å².